The van der Waals surface area contributed by atoms with Gasteiger partial charge in [-0.2, -0.15) is 0 Å². The molecule has 1 aromatic rings. The van der Waals surface area contributed by atoms with Gasteiger partial charge in [-0.25, -0.2) is 17.9 Å². The monoisotopic (exact) mass is 381 g/mol. The predicted octanol–water partition coefficient (Wildman–Crippen LogP) is 2.05. The summed E-state index contributed by atoms with van der Waals surface area (Å²) in [5.41, 5.74) is -0.634. The van der Waals surface area contributed by atoms with Crippen molar-refractivity contribution in [2.24, 2.45) is 10.6 Å². The van der Waals surface area contributed by atoms with E-state index in [-0.39, 0.29) is 18.1 Å². The van der Waals surface area contributed by atoms with Gasteiger partial charge in [-0.15, -0.1) is 0 Å². The van der Waals surface area contributed by atoms with Crippen LogP contribution in [0.5, 0.6) is 5.75 Å². The number of ether oxygens (including phenoxy) is 2. The van der Waals surface area contributed by atoms with Crippen LogP contribution in [0, 0.1) is 11.2 Å². The summed E-state index contributed by atoms with van der Waals surface area (Å²) < 4.78 is 48.0. The van der Waals surface area contributed by atoms with E-state index in [9.17, 15) is 12.8 Å². The summed E-state index contributed by atoms with van der Waals surface area (Å²) in [4.78, 5) is 0. The van der Waals surface area contributed by atoms with E-state index < -0.39 is 21.3 Å². The quantitative estimate of drug-likeness (QED) is 0.846. The Labute approximate surface area is 131 Å². The van der Waals surface area contributed by atoms with Gasteiger partial charge in [-0.05, 0) is 31.0 Å². The highest BCUT2D eigenvalue weighted by Crippen LogP contribution is 2.33. The van der Waals surface area contributed by atoms with Crippen LogP contribution in [0.1, 0.15) is 12.8 Å². The Hall–Kier alpha value is -0.700. The molecule has 1 heterocycles. The third-order valence-corrected chi connectivity index (χ3v) is 5.00. The first-order valence-electron chi connectivity index (χ1n) is 6.46. The lowest BCUT2D eigenvalue weighted by Gasteiger charge is -2.36. The summed E-state index contributed by atoms with van der Waals surface area (Å²) in [6.07, 6.45) is 1.03. The molecule has 0 bridgehead atoms. The molecule has 8 heteroatoms. The van der Waals surface area contributed by atoms with Gasteiger partial charge in [0.2, 0.25) is 10.0 Å². The minimum Gasteiger partial charge on any atom is -0.490 e. The van der Waals surface area contributed by atoms with Crippen LogP contribution in [0.25, 0.3) is 0 Å². The fraction of sp³-hybridized carbons (Fsp3) is 0.538. The van der Waals surface area contributed by atoms with E-state index in [4.69, 9.17) is 14.6 Å². The molecular formula is C13H17BrFNO4S. The van der Waals surface area contributed by atoms with Gasteiger partial charge in [-0.3, -0.25) is 0 Å². The summed E-state index contributed by atoms with van der Waals surface area (Å²) in [5, 5.41) is 5.17. The minimum absolute atomic E-state index is 0.0886. The predicted molar refractivity (Wildman–Crippen MR) is 80.1 cm³/mol. The zero-order valence-corrected chi connectivity index (χ0v) is 13.8. The number of halogens is 2. The molecule has 0 amide bonds. The van der Waals surface area contributed by atoms with Crippen LogP contribution in [0.4, 0.5) is 4.39 Å². The first kappa shape index (κ1) is 16.7. The van der Waals surface area contributed by atoms with E-state index in [1.807, 2.05) is 0 Å². The Morgan fingerprint density at radius 2 is 2.05 bits per heavy atom. The van der Waals surface area contributed by atoms with E-state index in [1.54, 1.807) is 6.07 Å². The maximum atomic E-state index is 13.7. The molecule has 0 spiro atoms. The number of primary sulfonamides is 1. The number of sulfonamides is 1. The lowest BCUT2D eigenvalue weighted by atomic mass is 9.83. The van der Waals surface area contributed by atoms with Crippen LogP contribution in [-0.4, -0.2) is 34.0 Å². The maximum absolute atomic E-state index is 13.7. The molecule has 5 nitrogen and oxygen atoms in total. The highest BCUT2D eigenvalue weighted by molar-refractivity contribution is 9.10. The molecule has 0 aliphatic carbocycles. The summed E-state index contributed by atoms with van der Waals surface area (Å²) in [6, 6.07) is 4.46. The maximum Gasteiger partial charge on any atom is 0.209 e. The summed E-state index contributed by atoms with van der Waals surface area (Å²) in [6.45, 7) is 0.981. The fourth-order valence-corrected chi connectivity index (χ4v) is 3.94. The summed E-state index contributed by atoms with van der Waals surface area (Å²) >= 11 is 3.17. The molecule has 0 aromatic heterocycles. The van der Waals surface area contributed by atoms with Crippen molar-refractivity contribution in [3.8, 4) is 5.75 Å². The molecule has 0 saturated carbocycles. The van der Waals surface area contributed by atoms with Crippen LogP contribution >= 0.6 is 15.9 Å². The number of rotatable bonds is 5. The number of benzene rings is 1. The standard InChI is InChI=1S/C13H17BrFNO4S/c14-10-1-2-12(11(15)7-10)20-8-13(9-21(16,17)18)3-5-19-6-4-13/h1-2,7H,3-6,8-9H2,(H2,16,17,18). The van der Waals surface area contributed by atoms with Crippen molar-refractivity contribution in [1.29, 1.82) is 0 Å². The normalized spacial score (nSPS) is 18.4. The van der Waals surface area contributed by atoms with Gasteiger partial charge in [0.1, 0.15) is 0 Å². The molecule has 1 aliphatic rings. The van der Waals surface area contributed by atoms with Crippen molar-refractivity contribution in [3.05, 3.63) is 28.5 Å². The van der Waals surface area contributed by atoms with Crippen LogP contribution < -0.4 is 9.88 Å². The lowest BCUT2D eigenvalue weighted by Crippen LogP contribution is -2.42. The average Bonchev–Trinajstić information content (AvgIpc) is 2.37. The van der Waals surface area contributed by atoms with Crippen LogP contribution in [0.3, 0.4) is 0 Å². The molecule has 0 unspecified atom stereocenters. The zero-order chi connectivity index (χ0) is 15.5. The molecule has 0 atom stereocenters. The van der Waals surface area contributed by atoms with Gasteiger partial charge in [0.05, 0.1) is 12.4 Å². The van der Waals surface area contributed by atoms with Gasteiger partial charge in [0.15, 0.2) is 11.6 Å². The first-order valence-corrected chi connectivity index (χ1v) is 8.97. The molecule has 118 valence electrons. The Morgan fingerprint density at radius 3 is 2.62 bits per heavy atom. The third-order valence-electron chi connectivity index (χ3n) is 3.49. The van der Waals surface area contributed by atoms with Crippen molar-refractivity contribution in [2.45, 2.75) is 12.8 Å². The first-order chi connectivity index (χ1) is 9.80. The van der Waals surface area contributed by atoms with Crippen molar-refractivity contribution in [1.82, 2.24) is 0 Å². The Morgan fingerprint density at radius 1 is 1.38 bits per heavy atom. The van der Waals surface area contributed by atoms with E-state index >= 15 is 0 Å². The van der Waals surface area contributed by atoms with Crippen LogP contribution in [-0.2, 0) is 14.8 Å². The Bertz CT molecular complexity index is 602. The van der Waals surface area contributed by atoms with Crippen molar-refractivity contribution >= 4 is 26.0 Å². The van der Waals surface area contributed by atoms with Gasteiger partial charge in [-0.1, -0.05) is 15.9 Å². The van der Waals surface area contributed by atoms with Gasteiger partial charge < -0.3 is 9.47 Å². The molecular weight excluding hydrogens is 365 g/mol. The molecule has 21 heavy (non-hydrogen) atoms. The van der Waals surface area contributed by atoms with Crippen molar-refractivity contribution < 1.29 is 22.3 Å². The Balaban J connectivity index is 2.12. The summed E-state index contributed by atoms with van der Waals surface area (Å²) in [7, 11) is -3.64. The fourth-order valence-electron chi connectivity index (χ4n) is 2.38. The number of hydrogen-bond acceptors (Lipinski definition) is 4. The lowest BCUT2D eigenvalue weighted by molar-refractivity contribution is 0.00145. The molecule has 2 N–H and O–H groups in total. The molecule has 2 rings (SSSR count). The molecule has 0 radical (unpaired) electrons. The van der Waals surface area contributed by atoms with E-state index in [0.717, 1.165) is 0 Å². The second-order valence-electron chi connectivity index (χ2n) is 5.28. The van der Waals surface area contributed by atoms with E-state index in [1.165, 1.54) is 12.1 Å². The SMILES string of the molecule is NS(=O)(=O)CC1(COc2ccc(Br)cc2F)CCOCC1. The number of nitrogens with two attached hydrogens (primary N) is 1. The molecule has 1 fully saturated rings. The summed E-state index contributed by atoms with van der Waals surface area (Å²) in [5.74, 6) is -0.595. The number of hydrogen-bond donors (Lipinski definition) is 1. The second kappa shape index (κ2) is 6.60. The highest BCUT2D eigenvalue weighted by atomic mass is 79.9. The minimum atomic E-state index is -3.64. The molecule has 1 saturated heterocycles. The molecule has 1 aromatic carbocycles. The van der Waals surface area contributed by atoms with Crippen LogP contribution in [0.2, 0.25) is 0 Å². The highest BCUT2D eigenvalue weighted by Gasteiger charge is 2.37. The second-order valence-corrected chi connectivity index (χ2v) is 7.81. The van der Waals surface area contributed by atoms with Gasteiger partial charge in [0, 0.05) is 23.1 Å². The average molecular weight is 382 g/mol. The topological polar surface area (TPSA) is 78.6 Å². The Kier molecular flexibility index (Phi) is 5.24. The van der Waals surface area contributed by atoms with Gasteiger partial charge in [0.25, 0.3) is 0 Å². The third kappa shape index (κ3) is 4.91. The van der Waals surface area contributed by atoms with Crippen LogP contribution in [0.15, 0.2) is 22.7 Å². The van der Waals surface area contributed by atoms with Crippen molar-refractivity contribution in [3.63, 3.8) is 0 Å². The zero-order valence-electron chi connectivity index (χ0n) is 11.3. The van der Waals surface area contributed by atoms with E-state index in [0.29, 0.717) is 30.5 Å². The largest absolute Gasteiger partial charge is 0.490 e. The molecule has 1 aliphatic heterocycles. The smallest absolute Gasteiger partial charge is 0.209 e. The van der Waals surface area contributed by atoms with Crippen molar-refractivity contribution in [2.75, 3.05) is 25.6 Å². The van der Waals surface area contributed by atoms with E-state index in [2.05, 4.69) is 15.9 Å². The van der Waals surface area contributed by atoms with Gasteiger partial charge >= 0.3 is 0 Å².